The molecule has 2 rings (SSSR count). The van der Waals surface area contributed by atoms with E-state index in [2.05, 4.69) is 0 Å². The van der Waals surface area contributed by atoms with Crippen molar-refractivity contribution in [3.8, 4) is 0 Å². The quantitative estimate of drug-likeness (QED) is 0.539. The van der Waals surface area contributed by atoms with Crippen LogP contribution in [0.15, 0.2) is 0 Å². The van der Waals surface area contributed by atoms with Crippen molar-refractivity contribution >= 4 is 16.1 Å². The highest BCUT2D eigenvalue weighted by atomic mass is 32.2. The van der Waals surface area contributed by atoms with Crippen molar-refractivity contribution in [2.45, 2.75) is 25.4 Å². The lowest BCUT2D eigenvalue weighted by atomic mass is 9.86. The topological polar surface area (TPSA) is 69.7 Å². The van der Waals surface area contributed by atoms with Crippen molar-refractivity contribution in [2.75, 3.05) is 13.4 Å². The van der Waals surface area contributed by atoms with Crippen LogP contribution >= 0.6 is 0 Å². The predicted molar refractivity (Wildman–Crippen MR) is 56.1 cm³/mol. The zero-order valence-corrected chi connectivity index (χ0v) is 10.2. The van der Waals surface area contributed by atoms with E-state index < -0.39 is 22.1 Å². The Morgan fingerprint density at radius 1 is 1.25 bits per heavy atom. The second-order valence-electron chi connectivity index (χ2n) is 4.65. The first-order valence-electron chi connectivity index (χ1n) is 5.38. The number of ether oxygens (including phenoxy) is 1. The van der Waals surface area contributed by atoms with E-state index in [9.17, 15) is 13.2 Å². The monoisotopic (exact) mass is 248 g/mol. The minimum Gasteiger partial charge on any atom is -0.469 e. The van der Waals surface area contributed by atoms with E-state index in [4.69, 9.17) is 8.92 Å². The Hall–Kier alpha value is -0.620. The fraction of sp³-hybridized carbons (Fsp3) is 0.900. The van der Waals surface area contributed by atoms with Crippen molar-refractivity contribution in [1.82, 2.24) is 0 Å². The smallest absolute Gasteiger partial charge is 0.311 e. The maximum atomic E-state index is 11.6. The first kappa shape index (κ1) is 11.9. The van der Waals surface area contributed by atoms with Crippen molar-refractivity contribution in [1.29, 1.82) is 0 Å². The van der Waals surface area contributed by atoms with Crippen LogP contribution in [0.2, 0.25) is 0 Å². The van der Waals surface area contributed by atoms with Gasteiger partial charge < -0.3 is 4.74 Å². The number of fused-ring (bicyclic) bond motifs is 2. The minimum absolute atomic E-state index is 0.184. The summed E-state index contributed by atoms with van der Waals surface area (Å²) in [5.41, 5.74) is 0. The van der Waals surface area contributed by atoms with Gasteiger partial charge in [0.25, 0.3) is 10.1 Å². The molecule has 4 atom stereocenters. The molecule has 0 aliphatic heterocycles. The van der Waals surface area contributed by atoms with E-state index in [1.54, 1.807) is 0 Å². The SMILES string of the molecule is COC(=O)C1C2CCC(C2)C1OS(C)(=O)=O. The highest BCUT2D eigenvalue weighted by Gasteiger charge is 2.53. The summed E-state index contributed by atoms with van der Waals surface area (Å²) in [5, 5.41) is 0. The van der Waals surface area contributed by atoms with E-state index in [0.29, 0.717) is 0 Å². The maximum absolute atomic E-state index is 11.6. The number of hydrogen-bond donors (Lipinski definition) is 0. The molecule has 0 aromatic rings. The van der Waals surface area contributed by atoms with E-state index in [1.807, 2.05) is 0 Å². The molecule has 6 heteroatoms. The van der Waals surface area contributed by atoms with Gasteiger partial charge in [0, 0.05) is 0 Å². The van der Waals surface area contributed by atoms with E-state index >= 15 is 0 Å². The summed E-state index contributed by atoms with van der Waals surface area (Å²) in [4.78, 5) is 11.6. The number of methoxy groups -OCH3 is 1. The third-order valence-corrected chi connectivity index (χ3v) is 4.17. The zero-order chi connectivity index (χ0) is 11.9. The fourth-order valence-corrected chi connectivity index (χ4v) is 3.72. The first-order valence-corrected chi connectivity index (χ1v) is 7.20. The average molecular weight is 248 g/mol. The normalized spacial score (nSPS) is 37.6. The highest BCUT2D eigenvalue weighted by molar-refractivity contribution is 7.86. The van der Waals surface area contributed by atoms with Crippen LogP contribution < -0.4 is 0 Å². The lowest BCUT2D eigenvalue weighted by molar-refractivity contribution is -0.150. The Morgan fingerprint density at radius 3 is 2.44 bits per heavy atom. The molecule has 2 bridgehead atoms. The average Bonchev–Trinajstić information content (AvgIpc) is 2.74. The molecule has 0 saturated heterocycles. The fourth-order valence-electron chi connectivity index (χ4n) is 3.04. The van der Waals surface area contributed by atoms with Crippen molar-refractivity contribution in [3.63, 3.8) is 0 Å². The second-order valence-corrected chi connectivity index (χ2v) is 6.25. The molecule has 0 heterocycles. The molecule has 2 aliphatic carbocycles. The molecule has 5 nitrogen and oxygen atoms in total. The molecule has 2 fully saturated rings. The van der Waals surface area contributed by atoms with E-state index in [-0.39, 0.29) is 17.8 Å². The molecular formula is C10H16O5S. The van der Waals surface area contributed by atoms with Gasteiger partial charge in [-0.3, -0.25) is 8.98 Å². The third kappa shape index (κ3) is 2.08. The summed E-state index contributed by atoms with van der Waals surface area (Å²) < 4.78 is 32.0. The summed E-state index contributed by atoms with van der Waals surface area (Å²) in [7, 11) is -2.19. The van der Waals surface area contributed by atoms with Crippen molar-refractivity contribution in [2.24, 2.45) is 17.8 Å². The number of carbonyl (C=O) groups excluding carboxylic acids is 1. The van der Waals surface area contributed by atoms with Crippen LogP contribution in [0.5, 0.6) is 0 Å². The lowest BCUT2D eigenvalue weighted by Gasteiger charge is -2.27. The largest absolute Gasteiger partial charge is 0.469 e. The van der Waals surface area contributed by atoms with Crippen molar-refractivity contribution < 1.29 is 22.1 Å². The van der Waals surface area contributed by atoms with Crippen LogP contribution in [0.4, 0.5) is 0 Å². The molecule has 0 spiro atoms. The molecule has 2 aliphatic rings. The van der Waals surface area contributed by atoms with E-state index in [0.717, 1.165) is 25.5 Å². The Labute approximate surface area is 95.2 Å². The zero-order valence-electron chi connectivity index (χ0n) is 9.38. The van der Waals surface area contributed by atoms with Gasteiger partial charge in [-0.15, -0.1) is 0 Å². The van der Waals surface area contributed by atoms with Crippen molar-refractivity contribution in [3.05, 3.63) is 0 Å². The lowest BCUT2D eigenvalue weighted by Crippen LogP contribution is -2.37. The van der Waals surface area contributed by atoms with Gasteiger partial charge in [-0.25, -0.2) is 0 Å². The van der Waals surface area contributed by atoms with Gasteiger partial charge >= 0.3 is 5.97 Å². The molecule has 0 aromatic carbocycles. The maximum Gasteiger partial charge on any atom is 0.311 e. The van der Waals surface area contributed by atoms with Crippen LogP contribution in [-0.2, 0) is 23.8 Å². The highest BCUT2D eigenvalue weighted by Crippen LogP contribution is 2.50. The number of hydrogen-bond acceptors (Lipinski definition) is 5. The molecular weight excluding hydrogens is 232 g/mol. The molecule has 0 radical (unpaired) electrons. The molecule has 0 aromatic heterocycles. The summed E-state index contributed by atoms with van der Waals surface area (Å²) >= 11 is 0. The molecule has 4 unspecified atom stereocenters. The van der Waals surface area contributed by atoms with Gasteiger partial charge in [0.2, 0.25) is 0 Å². The number of esters is 1. The van der Waals surface area contributed by atoms with Crippen LogP contribution in [0.1, 0.15) is 19.3 Å². The standard InChI is InChI=1S/C10H16O5S/c1-14-10(11)8-6-3-4-7(5-6)9(8)15-16(2,12)13/h6-9H,3-5H2,1-2H3. The summed E-state index contributed by atoms with van der Waals surface area (Å²) in [6.45, 7) is 0. The Balaban J connectivity index is 2.18. The molecule has 2 saturated carbocycles. The number of rotatable bonds is 3. The first-order chi connectivity index (χ1) is 7.42. The molecule has 16 heavy (non-hydrogen) atoms. The van der Waals surface area contributed by atoms with Crippen LogP contribution in [0.25, 0.3) is 0 Å². The summed E-state index contributed by atoms with van der Waals surface area (Å²) in [6.07, 6.45) is 3.29. The summed E-state index contributed by atoms with van der Waals surface area (Å²) in [6, 6.07) is 0. The molecule has 0 amide bonds. The molecule has 0 N–H and O–H groups in total. The van der Waals surface area contributed by atoms with E-state index in [1.165, 1.54) is 7.11 Å². The van der Waals surface area contributed by atoms with Gasteiger partial charge in [0.05, 0.1) is 25.4 Å². The Morgan fingerprint density at radius 2 is 1.88 bits per heavy atom. The Kier molecular flexibility index (Phi) is 2.96. The van der Waals surface area contributed by atoms with Gasteiger partial charge in [-0.2, -0.15) is 8.42 Å². The second kappa shape index (κ2) is 4.00. The molecule has 92 valence electrons. The minimum atomic E-state index is -3.51. The van der Waals surface area contributed by atoms with Gasteiger partial charge in [0.1, 0.15) is 0 Å². The van der Waals surface area contributed by atoms with Gasteiger partial charge in [0.15, 0.2) is 0 Å². The third-order valence-electron chi connectivity index (χ3n) is 3.60. The predicted octanol–water partition coefficient (Wildman–Crippen LogP) is 0.550. The number of carbonyl (C=O) groups is 1. The van der Waals surface area contributed by atoms with Gasteiger partial charge in [-0.1, -0.05) is 0 Å². The summed E-state index contributed by atoms with van der Waals surface area (Å²) in [5.74, 6) is -0.340. The Bertz CT molecular complexity index is 388. The van der Waals surface area contributed by atoms with Crippen LogP contribution in [-0.4, -0.2) is 33.9 Å². The van der Waals surface area contributed by atoms with Gasteiger partial charge in [-0.05, 0) is 31.1 Å². The van der Waals surface area contributed by atoms with Crippen LogP contribution in [0, 0.1) is 17.8 Å². The van der Waals surface area contributed by atoms with Crippen LogP contribution in [0.3, 0.4) is 0 Å².